The van der Waals surface area contributed by atoms with E-state index in [1.165, 1.54) is 0 Å². The molecule has 7 heteroatoms. The van der Waals surface area contributed by atoms with Gasteiger partial charge in [-0.3, -0.25) is 0 Å². The molecule has 0 unspecified atom stereocenters. The van der Waals surface area contributed by atoms with E-state index in [4.69, 9.17) is 9.47 Å². The van der Waals surface area contributed by atoms with Gasteiger partial charge < -0.3 is 9.47 Å². The van der Waals surface area contributed by atoms with Crippen LogP contribution >= 0.6 is 11.8 Å². The number of aromatic nitrogens is 4. The lowest BCUT2D eigenvalue weighted by Gasteiger charge is -2.05. The van der Waals surface area contributed by atoms with Crippen LogP contribution in [0.25, 0.3) is 5.78 Å². The summed E-state index contributed by atoms with van der Waals surface area (Å²) >= 11 is 1.54. The van der Waals surface area contributed by atoms with E-state index in [0.29, 0.717) is 17.5 Å². The van der Waals surface area contributed by atoms with Crippen molar-refractivity contribution in [1.29, 1.82) is 0 Å². The van der Waals surface area contributed by atoms with Gasteiger partial charge in [0.05, 0.1) is 13.7 Å². The van der Waals surface area contributed by atoms with Crippen molar-refractivity contribution in [1.82, 2.24) is 19.6 Å². The SMILES string of the molecule is COc1ccc(OCCSc2nc3ncccn3n2)cc1. The lowest BCUT2D eigenvalue weighted by Crippen LogP contribution is -2.00. The van der Waals surface area contributed by atoms with Gasteiger partial charge >= 0.3 is 0 Å². The molecule has 0 bridgehead atoms. The van der Waals surface area contributed by atoms with E-state index in [2.05, 4.69) is 15.1 Å². The first kappa shape index (κ1) is 13.7. The number of nitrogens with zero attached hydrogens (tertiary/aromatic N) is 4. The van der Waals surface area contributed by atoms with Gasteiger partial charge in [0.1, 0.15) is 11.5 Å². The molecule has 0 saturated heterocycles. The minimum atomic E-state index is 0.583. The fourth-order valence-electron chi connectivity index (χ4n) is 1.74. The third-order valence-electron chi connectivity index (χ3n) is 2.74. The number of ether oxygens (including phenoxy) is 2. The second-order valence-corrected chi connectivity index (χ2v) is 5.19. The molecule has 2 aromatic heterocycles. The summed E-state index contributed by atoms with van der Waals surface area (Å²) in [6.45, 7) is 0.583. The van der Waals surface area contributed by atoms with E-state index in [-0.39, 0.29) is 0 Å². The molecule has 0 radical (unpaired) electrons. The Kier molecular flexibility index (Phi) is 4.20. The Morgan fingerprint density at radius 1 is 1.19 bits per heavy atom. The van der Waals surface area contributed by atoms with Gasteiger partial charge in [-0.25, -0.2) is 9.50 Å². The third-order valence-corrected chi connectivity index (χ3v) is 3.54. The lowest BCUT2D eigenvalue weighted by atomic mass is 10.3. The molecule has 3 rings (SSSR count). The maximum absolute atomic E-state index is 5.65. The van der Waals surface area contributed by atoms with Crippen molar-refractivity contribution >= 4 is 17.5 Å². The van der Waals surface area contributed by atoms with Gasteiger partial charge in [-0.15, -0.1) is 5.10 Å². The Morgan fingerprint density at radius 2 is 2.00 bits per heavy atom. The quantitative estimate of drug-likeness (QED) is 0.514. The Bertz CT molecular complexity index is 681. The monoisotopic (exact) mass is 302 g/mol. The van der Waals surface area contributed by atoms with Gasteiger partial charge in [0.25, 0.3) is 5.78 Å². The minimum absolute atomic E-state index is 0.583. The zero-order chi connectivity index (χ0) is 14.5. The standard InChI is InChI=1S/C14H14N4O2S/c1-19-11-3-5-12(6-4-11)20-9-10-21-14-16-13-15-7-2-8-18(13)17-14/h2-8H,9-10H2,1H3. The van der Waals surface area contributed by atoms with Crippen LogP contribution in [0.3, 0.4) is 0 Å². The van der Waals surface area contributed by atoms with Gasteiger partial charge in [-0.1, -0.05) is 11.8 Å². The molecule has 0 saturated carbocycles. The van der Waals surface area contributed by atoms with Crippen molar-refractivity contribution < 1.29 is 9.47 Å². The highest BCUT2D eigenvalue weighted by atomic mass is 32.2. The molecule has 2 heterocycles. The molecule has 0 fully saturated rings. The fraction of sp³-hybridized carbons (Fsp3) is 0.214. The van der Waals surface area contributed by atoms with Crippen LogP contribution < -0.4 is 9.47 Å². The Morgan fingerprint density at radius 3 is 2.76 bits per heavy atom. The summed E-state index contributed by atoms with van der Waals surface area (Å²) in [6, 6.07) is 9.34. The maximum Gasteiger partial charge on any atom is 0.253 e. The van der Waals surface area contributed by atoms with E-state index >= 15 is 0 Å². The molecule has 0 aliphatic rings. The molecule has 1 aromatic carbocycles. The number of hydrogen-bond acceptors (Lipinski definition) is 6. The largest absolute Gasteiger partial charge is 0.497 e. The van der Waals surface area contributed by atoms with Crippen LogP contribution in [0.2, 0.25) is 0 Å². The van der Waals surface area contributed by atoms with E-state index in [1.54, 1.807) is 29.6 Å². The molecular formula is C14H14N4O2S. The molecule has 3 aromatic rings. The lowest BCUT2D eigenvalue weighted by molar-refractivity contribution is 0.342. The molecule has 0 aliphatic heterocycles. The predicted octanol–water partition coefficient (Wildman–Crippen LogP) is 2.30. The highest BCUT2D eigenvalue weighted by molar-refractivity contribution is 7.99. The van der Waals surface area contributed by atoms with Crippen LogP contribution in [-0.4, -0.2) is 39.1 Å². The first-order chi connectivity index (χ1) is 10.3. The van der Waals surface area contributed by atoms with Crippen LogP contribution in [0.1, 0.15) is 0 Å². The van der Waals surface area contributed by atoms with Crippen molar-refractivity contribution in [3.8, 4) is 11.5 Å². The molecule has 0 aliphatic carbocycles. The smallest absolute Gasteiger partial charge is 0.253 e. The van der Waals surface area contributed by atoms with Crippen molar-refractivity contribution in [2.24, 2.45) is 0 Å². The van der Waals surface area contributed by atoms with E-state index in [1.807, 2.05) is 36.5 Å². The normalized spacial score (nSPS) is 10.7. The molecule has 108 valence electrons. The van der Waals surface area contributed by atoms with Gasteiger partial charge in [-0.2, -0.15) is 4.98 Å². The summed E-state index contributed by atoms with van der Waals surface area (Å²) in [4.78, 5) is 8.44. The van der Waals surface area contributed by atoms with Crippen LogP contribution in [0, 0.1) is 0 Å². The summed E-state index contributed by atoms with van der Waals surface area (Å²) in [6.07, 6.45) is 3.53. The fourth-order valence-corrected chi connectivity index (χ4v) is 2.38. The molecular weight excluding hydrogens is 288 g/mol. The van der Waals surface area contributed by atoms with Crippen LogP contribution in [0.4, 0.5) is 0 Å². The van der Waals surface area contributed by atoms with Crippen molar-refractivity contribution in [3.05, 3.63) is 42.7 Å². The van der Waals surface area contributed by atoms with Crippen LogP contribution in [0.15, 0.2) is 47.9 Å². The summed E-state index contributed by atoms with van der Waals surface area (Å²) < 4.78 is 12.4. The molecule has 6 nitrogen and oxygen atoms in total. The van der Waals surface area contributed by atoms with Gasteiger partial charge in [0.2, 0.25) is 5.16 Å². The Hall–Kier alpha value is -2.28. The zero-order valence-electron chi connectivity index (χ0n) is 11.5. The summed E-state index contributed by atoms with van der Waals surface area (Å²) in [5, 5.41) is 5.01. The number of rotatable bonds is 6. The average Bonchev–Trinajstić information content (AvgIpc) is 2.95. The molecule has 0 N–H and O–H groups in total. The highest BCUT2D eigenvalue weighted by Crippen LogP contribution is 2.18. The number of hydrogen-bond donors (Lipinski definition) is 0. The first-order valence-corrected chi connectivity index (χ1v) is 7.41. The van der Waals surface area contributed by atoms with E-state index < -0.39 is 0 Å². The summed E-state index contributed by atoms with van der Waals surface area (Å²) in [5.74, 6) is 3.01. The summed E-state index contributed by atoms with van der Waals surface area (Å²) in [7, 11) is 1.64. The van der Waals surface area contributed by atoms with Crippen molar-refractivity contribution in [3.63, 3.8) is 0 Å². The third kappa shape index (κ3) is 3.43. The van der Waals surface area contributed by atoms with E-state index in [9.17, 15) is 0 Å². The maximum atomic E-state index is 5.65. The number of benzene rings is 1. The highest BCUT2D eigenvalue weighted by Gasteiger charge is 2.04. The Balaban J connectivity index is 1.49. The van der Waals surface area contributed by atoms with Gasteiger partial charge in [-0.05, 0) is 30.3 Å². The topological polar surface area (TPSA) is 61.5 Å². The van der Waals surface area contributed by atoms with Gasteiger partial charge in [0, 0.05) is 18.1 Å². The number of thioether (sulfide) groups is 1. The molecule has 0 spiro atoms. The molecule has 0 amide bonds. The van der Waals surface area contributed by atoms with E-state index in [0.717, 1.165) is 17.3 Å². The predicted molar refractivity (Wildman–Crippen MR) is 80.0 cm³/mol. The minimum Gasteiger partial charge on any atom is -0.497 e. The molecule has 21 heavy (non-hydrogen) atoms. The second kappa shape index (κ2) is 6.45. The van der Waals surface area contributed by atoms with Crippen LogP contribution in [-0.2, 0) is 0 Å². The average molecular weight is 302 g/mol. The van der Waals surface area contributed by atoms with Crippen molar-refractivity contribution in [2.45, 2.75) is 5.16 Å². The van der Waals surface area contributed by atoms with Crippen LogP contribution in [0.5, 0.6) is 11.5 Å². The number of methoxy groups -OCH3 is 1. The zero-order valence-corrected chi connectivity index (χ0v) is 12.3. The molecule has 0 atom stereocenters. The summed E-state index contributed by atoms with van der Waals surface area (Å²) in [5.41, 5.74) is 0. The second-order valence-electron chi connectivity index (χ2n) is 4.13. The Labute approximate surface area is 126 Å². The first-order valence-electron chi connectivity index (χ1n) is 6.42. The van der Waals surface area contributed by atoms with Crippen molar-refractivity contribution in [2.75, 3.05) is 19.5 Å². The number of fused-ring (bicyclic) bond motifs is 1. The van der Waals surface area contributed by atoms with Gasteiger partial charge in [0.15, 0.2) is 0 Å².